The molecule has 1 saturated heterocycles. The second-order valence-corrected chi connectivity index (χ2v) is 19.5. The van der Waals surface area contributed by atoms with Gasteiger partial charge in [0.1, 0.15) is 48.3 Å². The van der Waals surface area contributed by atoms with Gasteiger partial charge in [-0.15, -0.1) is 0 Å². The van der Waals surface area contributed by atoms with E-state index >= 15 is 0 Å². The third-order valence-corrected chi connectivity index (χ3v) is 12.9. The number of aliphatic carboxylic acids is 1. The number of amides is 11. The number of nitrogens with one attached hydrogen (secondary N) is 13. The monoisotopic (exact) mass is 1150 g/mol. The average molecular weight is 1150 g/mol. The number of carbonyl (C=O) groups excluding carboxylic acids is 11. The smallest absolute Gasteiger partial charge is 0.326 e. The van der Waals surface area contributed by atoms with Gasteiger partial charge < -0.3 is 95.7 Å². The van der Waals surface area contributed by atoms with Crippen LogP contribution in [-0.4, -0.2) is 210 Å². The summed E-state index contributed by atoms with van der Waals surface area (Å²) in [6.07, 6.45) is 2.19. The van der Waals surface area contributed by atoms with E-state index in [1.54, 1.807) is 50.4 Å². The van der Waals surface area contributed by atoms with Crippen LogP contribution in [0.2, 0.25) is 0 Å². The summed E-state index contributed by atoms with van der Waals surface area (Å²) in [7, 11) is 0. The number of primary amides is 1. The van der Waals surface area contributed by atoms with Gasteiger partial charge in [0.2, 0.25) is 65.0 Å². The Morgan fingerprint density at radius 3 is 1.69 bits per heavy atom. The zero-order valence-electron chi connectivity index (χ0n) is 44.7. The van der Waals surface area contributed by atoms with Crippen LogP contribution < -0.4 is 75.3 Å². The van der Waals surface area contributed by atoms with Crippen LogP contribution in [0, 0.1) is 11.3 Å². The number of aliphatic hydroxyl groups excluding tert-OH is 3. The van der Waals surface area contributed by atoms with E-state index in [0.29, 0.717) is 24.3 Å². The van der Waals surface area contributed by atoms with Crippen molar-refractivity contribution < 1.29 is 78.0 Å². The molecule has 1 aliphatic rings. The molecule has 32 heteroatoms. The molecule has 80 heavy (non-hydrogen) atoms. The first-order valence-corrected chi connectivity index (χ1v) is 27.0. The average Bonchev–Trinajstić information content (AvgIpc) is 3.98. The number of aliphatic hydroxyl groups is 3. The standard InChI is InChI=1S/C48H77N15O16S/c1-4-25(2)38(63-43(74)30(18-26-10-6-5-7-11-26)56-36(68)20-55-40(71)32(22-64)61-41(72)27-12-8-15-52-27)46(77)58-28(13-9-16-53-48(50)51)42(73)60-31(19-35(49)67)39(70)54-21-37(69)57-33(23-65)44(75)62-34(24-66)45(76)59-29(47(78)79)14-17-80-3/h5-7,10-11,25,27-34,38,52,64-66H,4,8-9,12-24H2,1-3H3,(H2,49,67)(H,54,70)(H,55,71)(H,56,68)(H,57,69)(H,58,77)(H,59,76)(H,60,73)(H,61,72)(H,62,75)(H,63,74)(H,78,79)(H4,50,51,53)/t25-,27-,28-,29-,30-,31-,32-,33-,34-,38-/m0/s1. The van der Waals surface area contributed by atoms with E-state index in [1.807, 2.05) is 0 Å². The molecule has 21 N–H and O–H groups in total. The lowest BCUT2D eigenvalue weighted by Gasteiger charge is -2.29. The van der Waals surface area contributed by atoms with Crippen molar-refractivity contribution in [2.75, 3.05) is 58.0 Å². The summed E-state index contributed by atoms with van der Waals surface area (Å²) >= 11 is 1.31. The molecule has 1 fully saturated rings. The van der Waals surface area contributed by atoms with Crippen LogP contribution in [0.4, 0.5) is 0 Å². The lowest BCUT2D eigenvalue weighted by atomic mass is 9.96. The first kappa shape index (κ1) is 68.4. The molecule has 0 saturated carbocycles. The van der Waals surface area contributed by atoms with Crippen molar-refractivity contribution in [2.45, 2.75) is 120 Å². The predicted octanol–water partition coefficient (Wildman–Crippen LogP) is -7.91. The number of carboxylic acid groups (broad SMARTS) is 1. The third kappa shape index (κ3) is 25.0. The van der Waals surface area contributed by atoms with Gasteiger partial charge in [0, 0.05) is 13.0 Å². The molecular weight excluding hydrogens is 1070 g/mol. The lowest BCUT2D eigenvalue weighted by molar-refractivity contribution is -0.142. The number of thioether (sulfide) groups is 1. The van der Waals surface area contributed by atoms with Crippen molar-refractivity contribution in [3.05, 3.63) is 35.9 Å². The Hall–Kier alpha value is -7.68. The summed E-state index contributed by atoms with van der Waals surface area (Å²) in [6, 6.07) is -4.42. The zero-order chi connectivity index (χ0) is 59.9. The van der Waals surface area contributed by atoms with Gasteiger partial charge in [-0.3, -0.25) is 58.1 Å². The zero-order valence-corrected chi connectivity index (χ0v) is 45.5. The quantitative estimate of drug-likeness (QED) is 0.0167. The molecule has 11 amide bonds. The summed E-state index contributed by atoms with van der Waals surface area (Å²) in [5.41, 5.74) is 11.4. The second kappa shape index (κ2) is 36.5. The van der Waals surface area contributed by atoms with Crippen molar-refractivity contribution in [3.63, 3.8) is 0 Å². The minimum absolute atomic E-state index is 0.0135. The molecule has 0 aliphatic carbocycles. The van der Waals surface area contributed by atoms with Crippen LogP contribution in [-0.2, 0) is 64.0 Å². The SMILES string of the molecule is CC[C@H](C)[C@H](NC(=O)[C@H](Cc1ccccc1)NC(=O)CNC(=O)[C@H](CO)NC(=O)[C@@H]1CCCN1)C(=O)N[C@@H](CCCNC(=N)N)C(=O)N[C@@H](CC(N)=O)C(=O)NCC(=O)N[C@@H](CO)C(=O)N[C@@H](CO)C(=O)N[C@@H](CCSC)C(=O)O. The Balaban J connectivity index is 2.26. The maximum Gasteiger partial charge on any atom is 0.326 e. The molecule has 1 aromatic carbocycles. The van der Waals surface area contributed by atoms with Gasteiger partial charge in [0.15, 0.2) is 5.96 Å². The number of carbonyl (C=O) groups is 12. The van der Waals surface area contributed by atoms with Gasteiger partial charge in [0.05, 0.1) is 45.4 Å². The van der Waals surface area contributed by atoms with Crippen LogP contribution in [0.5, 0.6) is 0 Å². The van der Waals surface area contributed by atoms with Crippen LogP contribution in [0.1, 0.15) is 64.4 Å². The van der Waals surface area contributed by atoms with Gasteiger partial charge in [-0.1, -0.05) is 50.6 Å². The Labute approximate surface area is 465 Å². The van der Waals surface area contributed by atoms with Crippen molar-refractivity contribution in [2.24, 2.45) is 17.4 Å². The molecule has 2 rings (SSSR count). The first-order valence-electron chi connectivity index (χ1n) is 25.6. The van der Waals surface area contributed by atoms with E-state index in [2.05, 4.69) is 63.8 Å². The normalized spacial score (nSPS) is 16.1. The maximum atomic E-state index is 14.3. The van der Waals surface area contributed by atoms with Gasteiger partial charge in [-0.25, -0.2) is 4.79 Å². The summed E-state index contributed by atoms with van der Waals surface area (Å²) < 4.78 is 0. The highest BCUT2D eigenvalue weighted by molar-refractivity contribution is 7.98. The molecule has 1 heterocycles. The number of hydrogen-bond acceptors (Lipinski definition) is 18. The Morgan fingerprint density at radius 1 is 0.650 bits per heavy atom. The van der Waals surface area contributed by atoms with E-state index in [0.717, 1.165) is 6.42 Å². The Morgan fingerprint density at radius 2 is 1.16 bits per heavy atom. The summed E-state index contributed by atoms with van der Waals surface area (Å²) in [5, 5.41) is 75.3. The molecule has 0 spiro atoms. The molecule has 10 atom stereocenters. The van der Waals surface area contributed by atoms with Gasteiger partial charge in [-0.2, -0.15) is 11.8 Å². The predicted molar refractivity (Wildman–Crippen MR) is 287 cm³/mol. The number of benzene rings is 1. The molecular formula is C48H77N15O16S. The largest absolute Gasteiger partial charge is 0.480 e. The topological polar surface area (TPSA) is 506 Å². The van der Waals surface area contributed by atoms with Crippen molar-refractivity contribution in [1.29, 1.82) is 5.41 Å². The molecule has 0 bridgehead atoms. The van der Waals surface area contributed by atoms with Crippen LogP contribution in [0.25, 0.3) is 0 Å². The summed E-state index contributed by atoms with van der Waals surface area (Å²) in [5.74, 6) is -12.8. The molecule has 1 aromatic rings. The van der Waals surface area contributed by atoms with E-state index in [4.69, 9.17) is 16.9 Å². The Bertz CT molecular complexity index is 2300. The minimum Gasteiger partial charge on any atom is -0.480 e. The minimum atomic E-state index is -1.80. The third-order valence-electron chi connectivity index (χ3n) is 12.3. The molecule has 0 unspecified atom stereocenters. The summed E-state index contributed by atoms with van der Waals surface area (Å²) in [6.45, 7) is -0.519. The number of rotatable bonds is 37. The van der Waals surface area contributed by atoms with Gasteiger partial charge in [-0.05, 0) is 62.1 Å². The van der Waals surface area contributed by atoms with Gasteiger partial charge in [0.25, 0.3) is 0 Å². The molecule has 0 radical (unpaired) electrons. The van der Waals surface area contributed by atoms with Crippen molar-refractivity contribution >= 4 is 88.7 Å². The number of hydrogen-bond donors (Lipinski definition) is 19. The van der Waals surface area contributed by atoms with Gasteiger partial charge >= 0.3 is 5.97 Å². The van der Waals surface area contributed by atoms with E-state index < -0.39 is 177 Å². The summed E-state index contributed by atoms with van der Waals surface area (Å²) in [4.78, 5) is 157. The van der Waals surface area contributed by atoms with Crippen LogP contribution >= 0.6 is 11.8 Å². The van der Waals surface area contributed by atoms with E-state index in [1.165, 1.54) is 11.8 Å². The van der Waals surface area contributed by atoms with E-state index in [-0.39, 0.29) is 38.6 Å². The highest BCUT2D eigenvalue weighted by Gasteiger charge is 2.35. The number of guanidine groups is 1. The number of carboxylic acids is 1. The first-order chi connectivity index (χ1) is 38.0. The molecule has 0 aromatic heterocycles. The number of nitrogens with two attached hydrogens (primary N) is 2. The molecule has 446 valence electrons. The highest BCUT2D eigenvalue weighted by atomic mass is 32.2. The van der Waals surface area contributed by atoms with Crippen LogP contribution in [0.15, 0.2) is 30.3 Å². The molecule has 1 aliphatic heterocycles. The fraction of sp³-hybridized carbons (Fsp3) is 0.604. The molecule has 31 nitrogen and oxygen atoms in total. The van der Waals surface area contributed by atoms with Crippen molar-refractivity contribution in [1.82, 2.24) is 63.8 Å². The van der Waals surface area contributed by atoms with Crippen LogP contribution in [0.3, 0.4) is 0 Å². The second-order valence-electron chi connectivity index (χ2n) is 18.5. The fourth-order valence-corrected chi connectivity index (χ4v) is 8.10. The maximum absolute atomic E-state index is 14.3. The van der Waals surface area contributed by atoms with E-state index in [9.17, 15) is 78.0 Å². The Kier molecular flexibility index (Phi) is 31.2. The highest BCUT2D eigenvalue weighted by Crippen LogP contribution is 2.12. The van der Waals surface area contributed by atoms with Crippen molar-refractivity contribution in [3.8, 4) is 0 Å². The fourth-order valence-electron chi connectivity index (χ4n) is 7.63. The lowest BCUT2D eigenvalue weighted by Crippen LogP contribution is -2.60.